The lowest BCUT2D eigenvalue weighted by Crippen LogP contribution is -2.31. The van der Waals surface area contributed by atoms with Crippen molar-refractivity contribution in [3.63, 3.8) is 0 Å². The molecule has 1 aromatic rings. The zero-order valence-corrected chi connectivity index (χ0v) is 9.84. The van der Waals surface area contributed by atoms with E-state index >= 15 is 0 Å². The predicted molar refractivity (Wildman–Crippen MR) is 60.8 cm³/mol. The molecule has 92 valence electrons. The van der Waals surface area contributed by atoms with Gasteiger partial charge < -0.3 is 19.5 Å². The quantitative estimate of drug-likeness (QED) is 0.849. The van der Waals surface area contributed by atoms with Crippen LogP contribution in [0, 0.1) is 0 Å². The fourth-order valence-electron chi connectivity index (χ4n) is 1.79. The van der Waals surface area contributed by atoms with E-state index in [0.29, 0.717) is 11.5 Å². The van der Waals surface area contributed by atoms with Crippen molar-refractivity contribution >= 4 is 5.91 Å². The van der Waals surface area contributed by atoms with Gasteiger partial charge in [-0.25, -0.2) is 0 Å². The number of carbonyl (C=O) groups is 1. The lowest BCUT2D eigenvalue weighted by atomic mass is 10.1. The number of ether oxygens (including phenoxy) is 2. The fourth-order valence-corrected chi connectivity index (χ4v) is 1.79. The second kappa shape index (κ2) is 4.63. The van der Waals surface area contributed by atoms with Crippen molar-refractivity contribution in [1.82, 2.24) is 4.90 Å². The summed E-state index contributed by atoms with van der Waals surface area (Å²) in [7, 11) is 1.66. The number of fused-ring (bicyclic) bond motifs is 1. The van der Waals surface area contributed by atoms with Gasteiger partial charge in [0.15, 0.2) is 11.5 Å². The van der Waals surface area contributed by atoms with Crippen LogP contribution in [0.1, 0.15) is 18.5 Å². The van der Waals surface area contributed by atoms with Crippen molar-refractivity contribution in [3.05, 3.63) is 23.8 Å². The van der Waals surface area contributed by atoms with Gasteiger partial charge >= 0.3 is 0 Å². The largest absolute Gasteiger partial charge is 0.454 e. The summed E-state index contributed by atoms with van der Waals surface area (Å²) in [5.74, 6) is 1.25. The van der Waals surface area contributed by atoms with Crippen LogP contribution >= 0.6 is 0 Å². The van der Waals surface area contributed by atoms with Crippen molar-refractivity contribution in [2.75, 3.05) is 20.4 Å². The van der Waals surface area contributed by atoms with E-state index in [0.717, 1.165) is 5.56 Å². The molecule has 1 aliphatic rings. The molecule has 5 heteroatoms. The summed E-state index contributed by atoms with van der Waals surface area (Å²) in [5.41, 5.74) is 0.828. The van der Waals surface area contributed by atoms with E-state index in [2.05, 4.69) is 0 Å². The second-order valence-electron chi connectivity index (χ2n) is 3.94. The van der Waals surface area contributed by atoms with Crippen molar-refractivity contribution in [2.24, 2.45) is 0 Å². The van der Waals surface area contributed by atoms with Gasteiger partial charge in [0.1, 0.15) is 0 Å². The number of aliphatic hydroxyl groups is 1. The molecule has 0 radical (unpaired) electrons. The summed E-state index contributed by atoms with van der Waals surface area (Å²) in [5, 5.41) is 9.38. The van der Waals surface area contributed by atoms with E-state index in [1.807, 2.05) is 6.07 Å². The third kappa shape index (κ3) is 2.19. The van der Waals surface area contributed by atoms with Gasteiger partial charge in [-0.1, -0.05) is 6.07 Å². The van der Waals surface area contributed by atoms with Gasteiger partial charge in [-0.15, -0.1) is 0 Å². The minimum atomic E-state index is -0.359. The molecular weight excluding hydrogens is 222 g/mol. The van der Waals surface area contributed by atoms with Crippen LogP contribution in [0.5, 0.6) is 11.5 Å². The van der Waals surface area contributed by atoms with Crippen LogP contribution in [-0.4, -0.2) is 36.4 Å². The Morgan fingerprint density at radius 3 is 2.82 bits per heavy atom. The van der Waals surface area contributed by atoms with Crippen LogP contribution < -0.4 is 9.47 Å². The monoisotopic (exact) mass is 237 g/mol. The highest BCUT2D eigenvalue weighted by Gasteiger charge is 2.21. The molecule has 0 saturated carbocycles. The maximum atomic E-state index is 11.3. The third-order valence-corrected chi connectivity index (χ3v) is 2.92. The Morgan fingerprint density at radius 1 is 1.47 bits per heavy atom. The predicted octanol–water partition coefficient (Wildman–Crippen LogP) is 0.927. The van der Waals surface area contributed by atoms with Crippen molar-refractivity contribution in [1.29, 1.82) is 0 Å². The fraction of sp³-hybridized carbons (Fsp3) is 0.417. The van der Waals surface area contributed by atoms with Gasteiger partial charge in [-0.2, -0.15) is 0 Å². The number of hydrogen-bond donors (Lipinski definition) is 1. The maximum absolute atomic E-state index is 11.3. The molecule has 1 amide bonds. The van der Waals surface area contributed by atoms with Crippen LogP contribution in [0.25, 0.3) is 0 Å². The first-order chi connectivity index (χ1) is 8.13. The van der Waals surface area contributed by atoms with E-state index in [-0.39, 0.29) is 25.3 Å². The summed E-state index contributed by atoms with van der Waals surface area (Å²) in [4.78, 5) is 12.8. The topological polar surface area (TPSA) is 59.0 Å². The number of carbonyl (C=O) groups excluding carboxylic acids is 1. The van der Waals surface area contributed by atoms with Crippen LogP contribution in [0.3, 0.4) is 0 Å². The zero-order chi connectivity index (χ0) is 12.4. The van der Waals surface area contributed by atoms with Crippen LogP contribution in [0.4, 0.5) is 0 Å². The maximum Gasteiger partial charge on any atom is 0.231 e. The highest BCUT2D eigenvalue weighted by atomic mass is 16.7. The van der Waals surface area contributed by atoms with E-state index in [1.54, 1.807) is 19.2 Å². The molecule has 0 fully saturated rings. The van der Waals surface area contributed by atoms with Crippen molar-refractivity contribution in [2.45, 2.75) is 13.0 Å². The Morgan fingerprint density at radius 2 is 2.18 bits per heavy atom. The van der Waals surface area contributed by atoms with Crippen LogP contribution in [0.2, 0.25) is 0 Å². The summed E-state index contributed by atoms with van der Waals surface area (Å²) in [6, 6.07) is 5.05. The molecule has 0 bridgehead atoms. The molecule has 0 aromatic heterocycles. The lowest BCUT2D eigenvalue weighted by Gasteiger charge is -2.25. The van der Waals surface area contributed by atoms with Gasteiger partial charge in [0.2, 0.25) is 12.7 Å². The van der Waals surface area contributed by atoms with Gasteiger partial charge in [0.05, 0.1) is 12.6 Å². The van der Waals surface area contributed by atoms with Crippen LogP contribution in [-0.2, 0) is 4.79 Å². The Hall–Kier alpha value is -1.75. The zero-order valence-electron chi connectivity index (χ0n) is 9.84. The number of hydrogen-bond acceptors (Lipinski definition) is 4. The molecule has 0 saturated heterocycles. The second-order valence-corrected chi connectivity index (χ2v) is 3.94. The Balaban J connectivity index is 2.28. The first-order valence-electron chi connectivity index (χ1n) is 5.37. The first-order valence-corrected chi connectivity index (χ1v) is 5.37. The molecule has 1 atom stereocenters. The Bertz CT molecular complexity index is 433. The number of likely N-dealkylation sites (N-methyl/N-ethyl adjacent to an activating group) is 1. The molecule has 1 aromatic carbocycles. The van der Waals surface area contributed by atoms with Gasteiger partial charge in [0, 0.05) is 14.0 Å². The number of amides is 1. The van der Waals surface area contributed by atoms with Gasteiger partial charge in [-0.3, -0.25) is 4.79 Å². The molecule has 1 heterocycles. The SMILES string of the molecule is CC(=O)N(C)C(CO)c1ccc2c(c1)OCO2. The highest BCUT2D eigenvalue weighted by molar-refractivity contribution is 5.73. The highest BCUT2D eigenvalue weighted by Crippen LogP contribution is 2.35. The molecule has 17 heavy (non-hydrogen) atoms. The first kappa shape index (κ1) is 11.7. The van der Waals surface area contributed by atoms with E-state index < -0.39 is 0 Å². The van der Waals surface area contributed by atoms with E-state index in [1.165, 1.54) is 11.8 Å². The summed E-state index contributed by atoms with van der Waals surface area (Å²) >= 11 is 0. The molecule has 1 aliphatic heterocycles. The minimum absolute atomic E-state index is 0.0956. The van der Waals surface area contributed by atoms with Crippen LogP contribution in [0.15, 0.2) is 18.2 Å². The number of nitrogens with zero attached hydrogens (tertiary/aromatic N) is 1. The molecule has 1 unspecified atom stereocenters. The molecule has 0 aliphatic carbocycles. The Kier molecular flexibility index (Phi) is 3.19. The van der Waals surface area contributed by atoms with Gasteiger partial charge in [-0.05, 0) is 17.7 Å². The number of aliphatic hydroxyl groups excluding tert-OH is 1. The third-order valence-electron chi connectivity index (χ3n) is 2.92. The molecule has 2 rings (SSSR count). The molecule has 0 spiro atoms. The lowest BCUT2D eigenvalue weighted by molar-refractivity contribution is -0.130. The average Bonchev–Trinajstić information content (AvgIpc) is 2.77. The van der Waals surface area contributed by atoms with E-state index in [4.69, 9.17) is 9.47 Å². The minimum Gasteiger partial charge on any atom is -0.454 e. The van der Waals surface area contributed by atoms with Crippen molar-refractivity contribution < 1.29 is 19.4 Å². The molecule has 1 N–H and O–H groups in total. The summed E-state index contributed by atoms with van der Waals surface area (Å²) in [6.07, 6.45) is 0. The van der Waals surface area contributed by atoms with Crippen molar-refractivity contribution in [3.8, 4) is 11.5 Å². The Labute approximate surface area is 99.6 Å². The number of benzene rings is 1. The normalized spacial score (nSPS) is 14.5. The molecular formula is C12H15NO4. The smallest absolute Gasteiger partial charge is 0.231 e. The average molecular weight is 237 g/mol. The van der Waals surface area contributed by atoms with E-state index in [9.17, 15) is 9.90 Å². The number of rotatable bonds is 3. The molecule has 5 nitrogen and oxygen atoms in total. The summed E-state index contributed by atoms with van der Waals surface area (Å²) < 4.78 is 10.5. The standard InChI is InChI=1S/C12H15NO4/c1-8(15)13(2)10(6-14)9-3-4-11-12(5-9)17-7-16-11/h3-5,10,14H,6-7H2,1-2H3. The summed E-state index contributed by atoms with van der Waals surface area (Å²) in [6.45, 7) is 1.55. The van der Waals surface area contributed by atoms with Gasteiger partial charge in [0.25, 0.3) is 0 Å².